The van der Waals surface area contributed by atoms with Crippen LogP contribution in [-0.2, 0) is 16.2 Å². The van der Waals surface area contributed by atoms with Crippen molar-refractivity contribution < 1.29 is 28.0 Å². The van der Waals surface area contributed by atoms with Crippen LogP contribution < -0.4 is 14.8 Å². The van der Waals surface area contributed by atoms with E-state index in [0.29, 0.717) is 28.5 Å². The van der Waals surface area contributed by atoms with E-state index in [0.717, 1.165) is 11.3 Å². The van der Waals surface area contributed by atoms with E-state index in [2.05, 4.69) is 10.5 Å². The molecule has 0 radical (unpaired) electrons. The van der Waals surface area contributed by atoms with Gasteiger partial charge in [0.15, 0.2) is 11.5 Å². The Balaban J connectivity index is 1.58. The maximum absolute atomic E-state index is 13.2. The third-order valence-corrected chi connectivity index (χ3v) is 5.02. The number of rotatable bonds is 9. The van der Waals surface area contributed by atoms with Gasteiger partial charge in [-0.3, -0.25) is 9.59 Å². The van der Waals surface area contributed by atoms with Crippen molar-refractivity contribution in [2.24, 2.45) is 0 Å². The summed E-state index contributed by atoms with van der Waals surface area (Å²) in [5, 5.41) is 6.47. The van der Waals surface area contributed by atoms with Crippen LogP contribution >= 0.6 is 0 Å². The van der Waals surface area contributed by atoms with E-state index in [1.807, 2.05) is 13.8 Å². The van der Waals surface area contributed by atoms with Crippen molar-refractivity contribution in [2.75, 3.05) is 26.0 Å². The van der Waals surface area contributed by atoms with Crippen LogP contribution in [-0.4, -0.2) is 42.6 Å². The summed E-state index contributed by atoms with van der Waals surface area (Å²) in [5.74, 6) is 0.480. The molecule has 0 saturated carbocycles. The Morgan fingerprint density at radius 2 is 1.97 bits per heavy atom. The molecule has 1 heterocycles. The Hall–Kier alpha value is -4.14. The minimum Gasteiger partial charge on any atom is -0.493 e. The van der Waals surface area contributed by atoms with Crippen LogP contribution in [0.2, 0.25) is 0 Å². The molecule has 9 heteroatoms. The summed E-state index contributed by atoms with van der Waals surface area (Å²) < 4.78 is 29.7. The number of anilines is 1. The van der Waals surface area contributed by atoms with Crippen molar-refractivity contribution in [3.8, 4) is 11.5 Å². The molecule has 8 nitrogen and oxygen atoms in total. The summed E-state index contributed by atoms with van der Waals surface area (Å²) in [7, 11) is 3.03. The summed E-state index contributed by atoms with van der Waals surface area (Å²) >= 11 is 0. The number of carbonyl (C=O) groups excluding carboxylic acids is 2. The predicted molar refractivity (Wildman–Crippen MR) is 125 cm³/mol. The second kappa shape index (κ2) is 11.1. The molecule has 0 aliphatic rings. The van der Waals surface area contributed by atoms with E-state index in [9.17, 15) is 14.0 Å². The number of amides is 2. The van der Waals surface area contributed by atoms with Gasteiger partial charge in [0.25, 0.3) is 0 Å². The summed E-state index contributed by atoms with van der Waals surface area (Å²) in [6, 6.07) is 10.8. The molecule has 2 amide bonds. The van der Waals surface area contributed by atoms with E-state index < -0.39 is 11.7 Å². The normalized spacial score (nSPS) is 10.9. The van der Waals surface area contributed by atoms with Crippen LogP contribution in [0.3, 0.4) is 0 Å². The third kappa shape index (κ3) is 6.44. The third-order valence-electron chi connectivity index (χ3n) is 5.02. The van der Waals surface area contributed by atoms with E-state index >= 15 is 0 Å². The van der Waals surface area contributed by atoms with Crippen molar-refractivity contribution in [3.05, 3.63) is 76.9 Å². The quantitative estimate of drug-likeness (QED) is 0.476. The van der Waals surface area contributed by atoms with E-state index in [-0.39, 0.29) is 19.1 Å². The average Bonchev–Trinajstić information content (AvgIpc) is 3.13. The zero-order valence-corrected chi connectivity index (χ0v) is 19.4. The number of hydrogen-bond acceptors (Lipinski definition) is 6. The van der Waals surface area contributed by atoms with Crippen LogP contribution in [0, 0.1) is 19.7 Å². The molecule has 0 bridgehead atoms. The number of nitrogens with one attached hydrogen (secondary N) is 1. The fourth-order valence-electron chi connectivity index (χ4n) is 3.12. The van der Waals surface area contributed by atoms with E-state index in [4.69, 9.17) is 14.0 Å². The molecule has 3 aromatic rings. The van der Waals surface area contributed by atoms with Gasteiger partial charge in [0.05, 0.1) is 24.9 Å². The van der Waals surface area contributed by atoms with Gasteiger partial charge in [0.2, 0.25) is 11.8 Å². The number of benzene rings is 2. The molecule has 0 atom stereocenters. The van der Waals surface area contributed by atoms with Gasteiger partial charge in [-0.05, 0) is 55.8 Å². The van der Waals surface area contributed by atoms with Crippen LogP contribution in [0.1, 0.15) is 22.6 Å². The fourth-order valence-corrected chi connectivity index (χ4v) is 3.12. The number of hydrogen-bond donors (Lipinski definition) is 1. The number of halogens is 1. The monoisotopic (exact) mass is 467 g/mol. The summed E-state index contributed by atoms with van der Waals surface area (Å²) in [5.41, 5.74) is 2.68. The highest BCUT2D eigenvalue weighted by Crippen LogP contribution is 2.30. The summed E-state index contributed by atoms with van der Waals surface area (Å²) in [6.07, 6.45) is 2.97. The molecule has 3 rings (SSSR count). The SMILES string of the molecule is COc1cc(C=CC(=O)N(C)CC(=O)Nc2cccc(F)c2)ccc1OCc1c(C)noc1C. The maximum atomic E-state index is 13.2. The number of aryl methyl sites for hydroxylation is 2. The first-order valence-corrected chi connectivity index (χ1v) is 10.5. The number of carbonyl (C=O) groups is 2. The minimum atomic E-state index is -0.458. The van der Waals surface area contributed by atoms with Crippen LogP contribution in [0.15, 0.2) is 53.1 Å². The fraction of sp³-hybridized carbons (Fsp3) is 0.240. The van der Waals surface area contributed by atoms with Crippen LogP contribution in [0.25, 0.3) is 6.08 Å². The Bertz CT molecular complexity index is 1190. The average molecular weight is 467 g/mol. The van der Waals surface area contributed by atoms with Gasteiger partial charge in [-0.1, -0.05) is 17.3 Å². The molecule has 1 aromatic heterocycles. The zero-order chi connectivity index (χ0) is 24.7. The van der Waals surface area contributed by atoms with Crippen molar-refractivity contribution >= 4 is 23.6 Å². The standard InChI is InChI=1S/C25H26FN3O5/c1-16-21(17(2)34-28-16)15-33-22-10-8-18(12-23(22)32-4)9-11-25(31)29(3)14-24(30)27-20-7-5-6-19(26)13-20/h5-13H,14-15H2,1-4H3,(H,27,30). The molecule has 34 heavy (non-hydrogen) atoms. The highest BCUT2D eigenvalue weighted by Gasteiger charge is 2.13. The molecule has 1 N–H and O–H groups in total. The smallest absolute Gasteiger partial charge is 0.246 e. The lowest BCUT2D eigenvalue weighted by Gasteiger charge is -2.15. The Labute approximate surface area is 196 Å². The van der Waals surface area contributed by atoms with Crippen molar-refractivity contribution in [1.29, 1.82) is 0 Å². The second-order valence-electron chi connectivity index (χ2n) is 7.59. The molecule has 0 aliphatic heterocycles. The maximum Gasteiger partial charge on any atom is 0.246 e. The van der Waals surface area contributed by atoms with Crippen molar-refractivity contribution in [1.82, 2.24) is 10.1 Å². The molecule has 0 unspecified atom stereocenters. The molecule has 178 valence electrons. The lowest BCUT2D eigenvalue weighted by Crippen LogP contribution is -2.33. The second-order valence-corrected chi connectivity index (χ2v) is 7.59. The highest BCUT2D eigenvalue weighted by molar-refractivity contribution is 5.97. The summed E-state index contributed by atoms with van der Waals surface area (Å²) in [4.78, 5) is 25.8. The van der Waals surface area contributed by atoms with E-state index in [1.165, 1.54) is 43.3 Å². The number of ether oxygens (including phenoxy) is 2. The largest absolute Gasteiger partial charge is 0.493 e. The Kier molecular flexibility index (Phi) is 8.02. The number of likely N-dealkylation sites (N-methyl/N-ethyl adjacent to an activating group) is 1. The molecule has 0 spiro atoms. The molecule has 0 saturated heterocycles. The van der Waals surface area contributed by atoms with Crippen molar-refractivity contribution in [2.45, 2.75) is 20.5 Å². The van der Waals surface area contributed by atoms with E-state index in [1.54, 1.807) is 30.3 Å². The Morgan fingerprint density at radius 3 is 2.65 bits per heavy atom. The number of methoxy groups -OCH3 is 1. The number of aromatic nitrogens is 1. The molecule has 2 aromatic carbocycles. The van der Waals surface area contributed by atoms with Crippen LogP contribution in [0.4, 0.5) is 10.1 Å². The van der Waals surface area contributed by atoms with Gasteiger partial charge in [-0.25, -0.2) is 4.39 Å². The molecule has 0 fully saturated rings. The first-order valence-electron chi connectivity index (χ1n) is 10.5. The lowest BCUT2D eigenvalue weighted by atomic mass is 10.1. The van der Waals surface area contributed by atoms with Crippen molar-refractivity contribution in [3.63, 3.8) is 0 Å². The predicted octanol–water partition coefficient (Wildman–Crippen LogP) is 4.13. The first kappa shape index (κ1) is 24.5. The summed E-state index contributed by atoms with van der Waals surface area (Å²) in [6.45, 7) is 3.77. The van der Waals surface area contributed by atoms with Gasteiger partial charge in [-0.2, -0.15) is 0 Å². The molecular formula is C25H26FN3O5. The first-order chi connectivity index (χ1) is 16.3. The number of nitrogens with zero attached hydrogens (tertiary/aromatic N) is 2. The van der Waals surface area contributed by atoms with Gasteiger partial charge >= 0.3 is 0 Å². The molecular weight excluding hydrogens is 441 g/mol. The van der Waals surface area contributed by atoms with Crippen LogP contribution in [0.5, 0.6) is 11.5 Å². The van der Waals surface area contributed by atoms with Gasteiger partial charge in [-0.15, -0.1) is 0 Å². The van der Waals surface area contributed by atoms with Gasteiger partial charge in [0, 0.05) is 18.8 Å². The topological polar surface area (TPSA) is 93.9 Å². The van der Waals surface area contributed by atoms with Gasteiger partial charge < -0.3 is 24.2 Å². The lowest BCUT2D eigenvalue weighted by molar-refractivity contribution is -0.129. The van der Waals surface area contributed by atoms with Gasteiger partial charge in [0.1, 0.15) is 18.2 Å². The highest BCUT2D eigenvalue weighted by atomic mass is 19.1. The molecule has 0 aliphatic carbocycles. The minimum absolute atomic E-state index is 0.183. The Morgan fingerprint density at radius 1 is 1.18 bits per heavy atom. The zero-order valence-electron chi connectivity index (χ0n) is 19.4.